The Hall–Kier alpha value is -1.55. The van der Waals surface area contributed by atoms with Gasteiger partial charge in [-0.15, -0.1) is 0 Å². The van der Waals surface area contributed by atoms with Crippen molar-refractivity contribution in [1.82, 2.24) is 10.2 Å². The van der Waals surface area contributed by atoms with Gasteiger partial charge in [0.25, 0.3) is 0 Å². The molecule has 4 nitrogen and oxygen atoms in total. The lowest BCUT2D eigenvalue weighted by atomic mass is 10.0. The minimum atomic E-state index is 0.216. The second-order valence-corrected chi connectivity index (χ2v) is 6.36. The molecule has 1 aliphatic heterocycles. The predicted molar refractivity (Wildman–Crippen MR) is 82.0 cm³/mol. The number of likely N-dealkylation sites (tertiary alicyclic amines) is 1. The predicted octanol–water partition coefficient (Wildman–Crippen LogP) is 2.44. The minimum Gasteiger partial charge on any atom is -0.508 e. The highest BCUT2D eigenvalue weighted by atomic mass is 16.3. The van der Waals surface area contributed by atoms with Crippen molar-refractivity contribution >= 4 is 5.91 Å². The van der Waals surface area contributed by atoms with Crippen molar-refractivity contribution in [3.63, 3.8) is 0 Å². The summed E-state index contributed by atoms with van der Waals surface area (Å²) in [7, 11) is 0. The van der Waals surface area contributed by atoms with E-state index in [0.29, 0.717) is 23.6 Å². The van der Waals surface area contributed by atoms with Crippen LogP contribution < -0.4 is 5.32 Å². The highest BCUT2D eigenvalue weighted by molar-refractivity contribution is 5.81. The van der Waals surface area contributed by atoms with Crippen molar-refractivity contribution in [3.8, 4) is 5.75 Å². The Labute approximate surface area is 126 Å². The molecular weight excluding hydrogens is 264 g/mol. The summed E-state index contributed by atoms with van der Waals surface area (Å²) in [4.78, 5) is 14.1. The van der Waals surface area contributed by atoms with Crippen molar-refractivity contribution in [2.24, 2.45) is 5.92 Å². The van der Waals surface area contributed by atoms with Gasteiger partial charge in [-0.2, -0.15) is 0 Å². The zero-order chi connectivity index (χ0) is 14.8. The fourth-order valence-corrected chi connectivity index (χ4v) is 3.10. The summed E-state index contributed by atoms with van der Waals surface area (Å²) in [6, 6.07) is 8.07. The van der Waals surface area contributed by atoms with Crippen LogP contribution in [0.3, 0.4) is 0 Å². The number of hydrogen-bond acceptors (Lipinski definition) is 3. The summed E-state index contributed by atoms with van der Waals surface area (Å²) in [5.74, 6) is 1.02. The van der Waals surface area contributed by atoms with Gasteiger partial charge in [-0.05, 0) is 50.3 Å². The maximum absolute atomic E-state index is 12.0. The van der Waals surface area contributed by atoms with Gasteiger partial charge in [-0.3, -0.25) is 4.79 Å². The Kier molecular flexibility index (Phi) is 4.15. The van der Waals surface area contributed by atoms with Crippen LogP contribution in [0.15, 0.2) is 24.3 Å². The average Bonchev–Trinajstić information content (AvgIpc) is 3.32. The molecule has 1 amide bonds. The molecule has 1 aromatic rings. The molecule has 1 aliphatic carbocycles. The fourth-order valence-electron chi connectivity index (χ4n) is 3.10. The zero-order valence-corrected chi connectivity index (χ0v) is 12.6. The monoisotopic (exact) mass is 288 g/mol. The Bertz CT molecular complexity index is 505. The third-order valence-electron chi connectivity index (χ3n) is 4.59. The number of carbonyl (C=O) groups excluding carboxylic acids is 1. The number of carbonyl (C=O) groups is 1. The van der Waals surface area contributed by atoms with Crippen LogP contribution in [0.2, 0.25) is 0 Å². The molecule has 3 rings (SSSR count). The van der Waals surface area contributed by atoms with E-state index in [9.17, 15) is 9.90 Å². The summed E-state index contributed by atoms with van der Waals surface area (Å²) in [6.07, 6.45) is 4.21. The van der Waals surface area contributed by atoms with Gasteiger partial charge in [-0.1, -0.05) is 12.1 Å². The Morgan fingerprint density at radius 1 is 1.29 bits per heavy atom. The van der Waals surface area contributed by atoms with Crippen LogP contribution in [-0.2, 0) is 4.79 Å². The zero-order valence-electron chi connectivity index (χ0n) is 12.6. The normalized spacial score (nSPS) is 21.3. The Morgan fingerprint density at radius 3 is 2.62 bits per heavy atom. The van der Waals surface area contributed by atoms with E-state index in [4.69, 9.17) is 0 Å². The number of phenolic OH excluding ortho intramolecular Hbond substituents is 1. The third-order valence-corrected chi connectivity index (χ3v) is 4.59. The van der Waals surface area contributed by atoms with Crippen molar-refractivity contribution < 1.29 is 9.90 Å². The van der Waals surface area contributed by atoms with Crippen molar-refractivity contribution in [3.05, 3.63) is 29.8 Å². The molecule has 114 valence electrons. The molecule has 4 heteroatoms. The lowest BCUT2D eigenvalue weighted by Crippen LogP contribution is -2.45. The first kappa shape index (κ1) is 14.4. The molecule has 21 heavy (non-hydrogen) atoms. The molecule has 1 saturated heterocycles. The molecule has 0 radical (unpaired) electrons. The molecule has 1 heterocycles. The average molecular weight is 288 g/mol. The first-order valence-corrected chi connectivity index (χ1v) is 7.97. The smallest absolute Gasteiger partial charge is 0.225 e. The number of hydrogen-bond donors (Lipinski definition) is 2. The van der Waals surface area contributed by atoms with Gasteiger partial charge < -0.3 is 15.3 Å². The maximum atomic E-state index is 12.0. The molecule has 0 aromatic heterocycles. The number of piperidine rings is 1. The van der Waals surface area contributed by atoms with Crippen LogP contribution >= 0.6 is 0 Å². The van der Waals surface area contributed by atoms with Crippen LogP contribution in [0.25, 0.3) is 0 Å². The highest BCUT2D eigenvalue weighted by Crippen LogP contribution is 2.32. The summed E-state index contributed by atoms with van der Waals surface area (Å²) >= 11 is 0. The second-order valence-electron chi connectivity index (χ2n) is 6.36. The van der Waals surface area contributed by atoms with E-state index in [-0.39, 0.29) is 6.04 Å². The number of amides is 1. The van der Waals surface area contributed by atoms with Crippen LogP contribution in [0.1, 0.15) is 44.2 Å². The summed E-state index contributed by atoms with van der Waals surface area (Å²) in [5.41, 5.74) is 1.10. The SMILES string of the molecule is CC(NC1CCN(C(=O)C2CC2)CC1)c1cccc(O)c1. The molecular formula is C17H24N2O2. The molecule has 2 fully saturated rings. The van der Waals surface area contributed by atoms with Gasteiger partial charge >= 0.3 is 0 Å². The lowest BCUT2D eigenvalue weighted by Gasteiger charge is -2.34. The van der Waals surface area contributed by atoms with Crippen molar-refractivity contribution in [1.29, 1.82) is 0 Å². The third kappa shape index (κ3) is 3.56. The fraction of sp³-hybridized carbons (Fsp3) is 0.588. The summed E-state index contributed by atoms with van der Waals surface area (Å²) in [6.45, 7) is 3.87. The number of benzene rings is 1. The van der Waals surface area contributed by atoms with Gasteiger partial charge in [0.05, 0.1) is 0 Å². The summed E-state index contributed by atoms with van der Waals surface area (Å²) < 4.78 is 0. The quantitative estimate of drug-likeness (QED) is 0.895. The molecule has 1 unspecified atom stereocenters. The Morgan fingerprint density at radius 2 is 2.00 bits per heavy atom. The number of phenols is 1. The van der Waals surface area contributed by atoms with Gasteiger partial charge in [-0.25, -0.2) is 0 Å². The Balaban J connectivity index is 1.49. The summed E-state index contributed by atoms with van der Waals surface area (Å²) in [5, 5.41) is 13.2. The first-order chi connectivity index (χ1) is 10.1. The molecule has 0 spiro atoms. The van der Waals surface area contributed by atoms with Crippen LogP contribution in [0, 0.1) is 5.92 Å². The molecule has 2 N–H and O–H groups in total. The molecule has 1 saturated carbocycles. The molecule has 2 aliphatic rings. The van der Waals surface area contributed by atoms with Crippen LogP contribution in [0.4, 0.5) is 0 Å². The van der Waals surface area contributed by atoms with E-state index < -0.39 is 0 Å². The van der Waals surface area contributed by atoms with Gasteiger partial charge in [0.1, 0.15) is 5.75 Å². The minimum absolute atomic E-state index is 0.216. The standard InChI is InChI=1S/C17H24N2O2/c1-12(14-3-2-4-16(20)11-14)18-15-7-9-19(10-8-15)17(21)13-5-6-13/h2-4,11-13,15,18,20H,5-10H2,1H3. The van der Waals surface area contributed by atoms with E-state index >= 15 is 0 Å². The number of rotatable bonds is 4. The van der Waals surface area contributed by atoms with Gasteiger partial charge in [0.15, 0.2) is 0 Å². The van der Waals surface area contributed by atoms with Crippen LogP contribution in [-0.4, -0.2) is 35.0 Å². The number of nitrogens with one attached hydrogen (secondary N) is 1. The molecule has 0 bridgehead atoms. The first-order valence-electron chi connectivity index (χ1n) is 7.97. The van der Waals surface area contributed by atoms with Gasteiger partial charge in [0.2, 0.25) is 5.91 Å². The lowest BCUT2D eigenvalue weighted by molar-refractivity contribution is -0.133. The van der Waals surface area contributed by atoms with Gasteiger partial charge in [0, 0.05) is 31.1 Å². The van der Waals surface area contributed by atoms with E-state index in [1.165, 1.54) is 0 Å². The topological polar surface area (TPSA) is 52.6 Å². The van der Waals surface area contributed by atoms with Crippen molar-refractivity contribution in [2.75, 3.05) is 13.1 Å². The van der Waals surface area contributed by atoms with E-state index in [1.54, 1.807) is 6.07 Å². The van der Waals surface area contributed by atoms with Crippen molar-refractivity contribution in [2.45, 2.75) is 44.7 Å². The number of nitrogens with zero attached hydrogens (tertiary/aromatic N) is 1. The number of aromatic hydroxyl groups is 1. The van der Waals surface area contributed by atoms with E-state index in [0.717, 1.165) is 44.3 Å². The molecule has 1 atom stereocenters. The van der Waals surface area contributed by atoms with E-state index in [1.807, 2.05) is 23.1 Å². The maximum Gasteiger partial charge on any atom is 0.225 e. The molecule has 1 aromatic carbocycles. The highest BCUT2D eigenvalue weighted by Gasteiger charge is 2.34. The largest absolute Gasteiger partial charge is 0.508 e. The van der Waals surface area contributed by atoms with E-state index in [2.05, 4.69) is 12.2 Å². The second kappa shape index (κ2) is 6.06. The van der Waals surface area contributed by atoms with Crippen LogP contribution in [0.5, 0.6) is 5.75 Å².